The van der Waals surface area contributed by atoms with Crippen LogP contribution in [0, 0.1) is 0 Å². The van der Waals surface area contributed by atoms with E-state index in [0.29, 0.717) is 6.04 Å². The van der Waals surface area contributed by atoms with E-state index in [9.17, 15) is 0 Å². The SMILES string of the molecule is COc1ccccc1C(Cc1ccccn1)N1CCCNCC1. The van der Waals surface area contributed by atoms with Crippen molar-refractivity contribution in [2.45, 2.75) is 18.9 Å². The lowest BCUT2D eigenvalue weighted by Gasteiger charge is -2.31. The second kappa shape index (κ2) is 8.09. The molecule has 3 rings (SSSR count). The smallest absolute Gasteiger partial charge is 0.123 e. The van der Waals surface area contributed by atoms with E-state index in [1.165, 1.54) is 12.0 Å². The molecule has 0 spiro atoms. The minimum Gasteiger partial charge on any atom is -0.496 e. The molecular weight excluding hydrogens is 286 g/mol. The normalized spacial score (nSPS) is 17.4. The number of nitrogens with one attached hydrogen (secondary N) is 1. The summed E-state index contributed by atoms with van der Waals surface area (Å²) >= 11 is 0. The molecule has 0 radical (unpaired) electrons. The number of aromatic nitrogens is 1. The van der Waals surface area contributed by atoms with Crippen molar-refractivity contribution in [1.82, 2.24) is 15.2 Å². The van der Waals surface area contributed by atoms with Gasteiger partial charge in [-0.05, 0) is 31.2 Å². The van der Waals surface area contributed by atoms with Crippen molar-refractivity contribution in [3.05, 3.63) is 59.9 Å². The largest absolute Gasteiger partial charge is 0.496 e. The van der Waals surface area contributed by atoms with Gasteiger partial charge in [-0.15, -0.1) is 0 Å². The Kier molecular flexibility index (Phi) is 5.61. The van der Waals surface area contributed by atoms with Gasteiger partial charge in [0.05, 0.1) is 7.11 Å². The van der Waals surface area contributed by atoms with Gasteiger partial charge < -0.3 is 10.1 Å². The average Bonchev–Trinajstić information content (AvgIpc) is 2.90. The molecule has 23 heavy (non-hydrogen) atoms. The standard InChI is InChI=1S/C19H25N3O/c1-23-19-9-3-2-8-17(19)18(15-16-7-4-5-11-21-16)22-13-6-10-20-12-14-22/h2-5,7-9,11,18,20H,6,10,12-15H2,1H3. The highest BCUT2D eigenvalue weighted by molar-refractivity contribution is 5.36. The number of ether oxygens (including phenoxy) is 1. The number of hydrogen-bond acceptors (Lipinski definition) is 4. The molecule has 122 valence electrons. The van der Waals surface area contributed by atoms with Crippen molar-refractivity contribution in [3.63, 3.8) is 0 Å². The third kappa shape index (κ3) is 4.09. The highest BCUT2D eigenvalue weighted by atomic mass is 16.5. The molecule has 1 N–H and O–H groups in total. The molecule has 0 amide bonds. The minimum atomic E-state index is 0.293. The van der Waals surface area contributed by atoms with Crippen LogP contribution >= 0.6 is 0 Å². The maximum atomic E-state index is 5.62. The Morgan fingerprint density at radius 3 is 2.83 bits per heavy atom. The molecule has 1 aliphatic heterocycles. The van der Waals surface area contributed by atoms with Crippen LogP contribution in [0.1, 0.15) is 23.7 Å². The summed E-state index contributed by atoms with van der Waals surface area (Å²) in [5.74, 6) is 0.964. The minimum absolute atomic E-state index is 0.293. The molecule has 2 heterocycles. The van der Waals surface area contributed by atoms with Gasteiger partial charge in [0.2, 0.25) is 0 Å². The van der Waals surface area contributed by atoms with Crippen molar-refractivity contribution in [2.24, 2.45) is 0 Å². The summed E-state index contributed by atoms with van der Waals surface area (Å²) in [5, 5.41) is 3.49. The van der Waals surface area contributed by atoms with E-state index < -0.39 is 0 Å². The van der Waals surface area contributed by atoms with Gasteiger partial charge in [0.1, 0.15) is 5.75 Å². The molecule has 1 fully saturated rings. The quantitative estimate of drug-likeness (QED) is 0.921. The van der Waals surface area contributed by atoms with E-state index in [-0.39, 0.29) is 0 Å². The van der Waals surface area contributed by atoms with E-state index in [1.54, 1.807) is 7.11 Å². The highest BCUT2D eigenvalue weighted by Crippen LogP contribution is 2.32. The fourth-order valence-corrected chi connectivity index (χ4v) is 3.27. The van der Waals surface area contributed by atoms with E-state index in [1.807, 2.05) is 18.3 Å². The van der Waals surface area contributed by atoms with E-state index in [0.717, 1.165) is 44.0 Å². The number of nitrogens with zero attached hydrogens (tertiary/aromatic N) is 2. The van der Waals surface area contributed by atoms with Crippen molar-refractivity contribution >= 4 is 0 Å². The summed E-state index contributed by atoms with van der Waals surface area (Å²) in [5.41, 5.74) is 2.38. The Hall–Kier alpha value is -1.91. The second-order valence-electron chi connectivity index (χ2n) is 5.92. The van der Waals surface area contributed by atoms with Crippen LogP contribution in [0.3, 0.4) is 0 Å². The summed E-state index contributed by atoms with van der Waals surface area (Å²) in [6.07, 6.45) is 3.95. The zero-order chi connectivity index (χ0) is 15.9. The Labute approximate surface area is 138 Å². The lowest BCUT2D eigenvalue weighted by Crippen LogP contribution is -2.34. The lowest BCUT2D eigenvalue weighted by molar-refractivity contribution is 0.204. The molecule has 1 unspecified atom stereocenters. The van der Waals surface area contributed by atoms with Gasteiger partial charge in [-0.3, -0.25) is 9.88 Å². The van der Waals surface area contributed by atoms with Crippen LogP contribution in [0.2, 0.25) is 0 Å². The first-order valence-corrected chi connectivity index (χ1v) is 8.36. The molecule has 0 bridgehead atoms. The molecule has 1 aromatic carbocycles. The Bertz CT molecular complexity index is 595. The van der Waals surface area contributed by atoms with Gasteiger partial charge in [-0.25, -0.2) is 0 Å². The Balaban J connectivity index is 1.91. The predicted octanol–water partition coefficient (Wildman–Crippen LogP) is 2.67. The van der Waals surface area contributed by atoms with Crippen LogP contribution < -0.4 is 10.1 Å². The summed E-state index contributed by atoms with van der Waals surface area (Å²) in [7, 11) is 1.75. The zero-order valence-electron chi connectivity index (χ0n) is 13.7. The molecule has 0 saturated carbocycles. The molecule has 4 nitrogen and oxygen atoms in total. The predicted molar refractivity (Wildman–Crippen MR) is 92.7 cm³/mol. The molecule has 1 atom stereocenters. The summed E-state index contributed by atoms with van der Waals surface area (Å²) in [6, 6.07) is 14.8. The van der Waals surface area contributed by atoms with Crippen LogP contribution in [-0.4, -0.2) is 43.2 Å². The first-order chi connectivity index (χ1) is 11.4. The van der Waals surface area contributed by atoms with E-state index in [2.05, 4.69) is 45.5 Å². The number of hydrogen-bond donors (Lipinski definition) is 1. The number of para-hydroxylation sites is 1. The van der Waals surface area contributed by atoms with Crippen LogP contribution in [-0.2, 0) is 6.42 Å². The highest BCUT2D eigenvalue weighted by Gasteiger charge is 2.24. The number of rotatable bonds is 5. The fraction of sp³-hybridized carbons (Fsp3) is 0.421. The number of methoxy groups -OCH3 is 1. The summed E-state index contributed by atoms with van der Waals surface area (Å²) in [6.45, 7) is 4.28. The van der Waals surface area contributed by atoms with Crippen LogP contribution in [0.25, 0.3) is 0 Å². The zero-order valence-corrected chi connectivity index (χ0v) is 13.7. The Morgan fingerprint density at radius 2 is 2.00 bits per heavy atom. The van der Waals surface area contributed by atoms with Gasteiger partial charge in [0.25, 0.3) is 0 Å². The first kappa shape index (κ1) is 16.0. The summed E-state index contributed by atoms with van der Waals surface area (Å²) in [4.78, 5) is 7.10. The second-order valence-corrected chi connectivity index (χ2v) is 5.92. The van der Waals surface area contributed by atoms with Crippen molar-refractivity contribution in [3.8, 4) is 5.75 Å². The van der Waals surface area contributed by atoms with E-state index >= 15 is 0 Å². The van der Waals surface area contributed by atoms with Gasteiger partial charge >= 0.3 is 0 Å². The molecule has 1 aliphatic rings. The molecule has 0 aliphatic carbocycles. The van der Waals surface area contributed by atoms with Crippen LogP contribution in [0.15, 0.2) is 48.7 Å². The van der Waals surface area contributed by atoms with Crippen LogP contribution in [0.4, 0.5) is 0 Å². The molecule has 1 saturated heterocycles. The fourth-order valence-electron chi connectivity index (χ4n) is 3.27. The van der Waals surface area contributed by atoms with Crippen molar-refractivity contribution < 1.29 is 4.74 Å². The Morgan fingerprint density at radius 1 is 1.13 bits per heavy atom. The van der Waals surface area contributed by atoms with Crippen molar-refractivity contribution in [1.29, 1.82) is 0 Å². The summed E-state index contributed by atoms with van der Waals surface area (Å²) < 4.78 is 5.62. The third-order valence-corrected chi connectivity index (χ3v) is 4.44. The van der Waals surface area contributed by atoms with Gasteiger partial charge in [0, 0.05) is 49.6 Å². The maximum absolute atomic E-state index is 5.62. The lowest BCUT2D eigenvalue weighted by atomic mass is 9.98. The number of benzene rings is 1. The third-order valence-electron chi connectivity index (χ3n) is 4.44. The maximum Gasteiger partial charge on any atom is 0.123 e. The van der Waals surface area contributed by atoms with Gasteiger partial charge in [-0.2, -0.15) is 0 Å². The van der Waals surface area contributed by atoms with Gasteiger partial charge in [0.15, 0.2) is 0 Å². The monoisotopic (exact) mass is 311 g/mol. The first-order valence-electron chi connectivity index (χ1n) is 8.36. The molecular formula is C19H25N3O. The topological polar surface area (TPSA) is 37.4 Å². The average molecular weight is 311 g/mol. The molecule has 2 aromatic rings. The molecule has 4 heteroatoms. The van der Waals surface area contributed by atoms with Crippen LogP contribution in [0.5, 0.6) is 5.75 Å². The van der Waals surface area contributed by atoms with E-state index in [4.69, 9.17) is 4.74 Å². The van der Waals surface area contributed by atoms with Gasteiger partial charge in [-0.1, -0.05) is 24.3 Å². The molecule has 1 aromatic heterocycles. The number of pyridine rings is 1. The van der Waals surface area contributed by atoms with Crippen molar-refractivity contribution in [2.75, 3.05) is 33.3 Å².